The Kier molecular flexibility index (Phi) is 4.70. The molecule has 7 heteroatoms. The van der Waals surface area contributed by atoms with Gasteiger partial charge < -0.3 is 5.32 Å². The Bertz CT molecular complexity index is 920. The maximum absolute atomic E-state index is 11.1. The largest absolute Gasteiger partial charge is 0.309 e. The van der Waals surface area contributed by atoms with Gasteiger partial charge in [0.25, 0.3) is 0 Å². The van der Waals surface area contributed by atoms with E-state index < -0.39 is 9.84 Å². The zero-order valence-corrected chi connectivity index (χ0v) is 14.3. The number of fused-ring (bicyclic) bond motifs is 1. The molecule has 0 aliphatic carbocycles. The topological polar surface area (TPSA) is 72.0 Å². The molecule has 0 fully saturated rings. The van der Waals surface area contributed by atoms with Crippen LogP contribution in [-0.2, 0) is 16.4 Å². The van der Waals surface area contributed by atoms with Crippen LogP contribution in [-0.4, -0.2) is 36.9 Å². The lowest BCUT2D eigenvalue weighted by Crippen LogP contribution is -2.21. The summed E-state index contributed by atoms with van der Waals surface area (Å²) < 4.78 is 22.2. The molecule has 120 valence electrons. The van der Waals surface area contributed by atoms with E-state index in [0.717, 1.165) is 27.2 Å². The fourth-order valence-electron chi connectivity index (χ4n) is 2.20. The van der Waals surface area contributed by atoms with E-state index in [2.05, 4.69) is 15.3 Å². The summed E-state index contributed by atoms with van der Waals surface area (Å²) >= 11 is 1.56. The second-order valence-corrected chi connectivity index (χ2v) is 8.55. The lowest BCUT2D eigenvalue weighted by molar-refractivity contribution is 0.596. The molecule has 0 aliphatic rings. The van der Waals surface area contributed by atoms with E-state index in [-0.39, 0.29) is 5.75 Å². The van der Waals surface area contributed by atoms with Crippen molar-refractivity contribution < 1.29 is 8.42 Å². The minimum absolute atomic E-state index is 0.140. The molecule has 0 atom stereocenters. The quantitative estimate of drug-likeness (QED) is 0.694. The summed E-state index contributed by atoms with van der Waals surface area (Å²) in [6.07, 6.45) is 3.02. The number of thiazole rings is 1. The van der Waals surface area contributed by atoms with Crippen molar-refractivity contribution in [1.82, 2.24) is 15.3 Å². The van der Waals surface area contributed by atoms with Gasteiger partial charge >= 0.3 is 0 Å². The average Bonchev–Trinajstić information content (AvgIpc) is 2.99. The highest BCUT2D eigenvalue weighted by molar-refractivity contribution is 7.90. The molecule has 5 nitrogen and oxygen atoms in total. The van der Waals surface area contributed by atoms with Gasteiger partial charge in [0.15, 0.2) is 0 Å². The van der Waals surface area contributed by atoms with E-state index in [9.17, 15) is 8.42 Å². The highest BCUT2D eigenvalue weighted by atomic mass is 32.2. The number of sulfone groups is 1. The predicted octanol–water partition coefficient (Wildman–Crippen LogP) is 2.49. The van der Waals surface area contributed by atoms with Crippen molar-refractivity contribution in [3.05, 3.63) is 46.9 Å². The summed E-state index contributed by atoms with van der Waals surface area (Å²) in [5.41, 5.74) is 2.91. The summed E-state index contributed by atoms with van der Waals surface area (Å²) in [4.78, 5) is 8.96. The maximum Gasteiger partial charge on any atom is 0.148 e. The van der Waals surface area contributed by atoms with E-state index in [1.165, 1.54) is 6.26 Å². The molecule has 1 N–H and O–H groups in total. The van der Waals surface area contributed by atoms with E-state index in [1.807, 2.05) is 35.7 Å². The monoisotopic (exact) mass is 347 g/mol. The van der Waals surface area contributed by atoms with Crippen LogP contribution in [0.15, 0.2) is 41.9 Å². The molecule has 0 spiro atoms. The van der Waals surface area contributed by atoms with Gasteiger partial charge in [0.1, 0.15) is 14.8 Å². The van der Waals surface area contributed by atoms with Crippen molar-refractivity contribution in [2.24, 2.45) is 0 Å². The molecule has 2 aromatic heterocycles. The molecule has 0 amide bonds. The number of benzene rings is 1. The Hall–Kier alpha value is -1.83. The van der Waals surface area contributed by atoms with Crippen LogP contribution in [0, 0.1) is 0 Å². The smallest absolute Gasteiger partial charge is 0.148 e. The van der Waals surface area contributed by atoms with E-state index in [0.29, 0.717) is 13.1 Å². The molecule has 3 aromatic rings. The fraction of sp³-hybridized carbons (Fsp3) is 0.250. The third-order valence-corrected chi connectivity index (χ3v) is 5.17. The molecule has 0 aliphatic heterocycles. The van der Waals surface area contributed by atoms with Crippen molar-refractivity contribution in [1.29, 1.82) is 0 Å². The van der Waals surface area contributed by atoms with Gasteiger partial charge in [-0.25, -0.2) is 13.4 Å². The molecule has 0 unspecified atom stereocenters. The van der Waals surface area contributed by atoms with Crippen LogP contribution in [0.5, 0.6) is 0 Å². The number of aromatic nitrogens is 2. The summed E-state index contributed by atoms with van der Waals surface area (Å²) in [5.74, 6) is 0.140. The van der Waals surface area contributed by atoms with Crippen molar-refractivity contribution in [2.75, 3.05) is 18.6 Å². The van der Waals surface area contributed by atoms with E-state index >= 15 is 0 Å². The number of pyridine rings is 1. The van der Waals surface area contributed by atoms with Gasteiger partial charge in [-0.3, -0.25) is 4.98 Å². The van der Waals surface area contributed by atoms with Gasteiger partial charge in [0.2, 0.25) is 0 Å². The van der Waals surface area contributed by atoms with Crippen molar-refractivity contribution >= 4 is 32.1 Å². The standard InChI is InChI=1S/C16H17N3O2S2/c1-23(20,21)8-7-17-10-16-19-15(11-22-16)13-5-4-12-3-2-6-18-14(12)9-13/h2-6,9,11,17H,7-8,10H2,1H3. The van der Waals surface area contributed by atoms with Crippen LogP contribution in [0.1, 0.15) is 5.01 Å². The second-order valence-electron chi connectivity index (χ2n) is 5.34. The molecule has 1 aromatic carbocycles. The SMILES string of the molecule is CS(=O)(=O)CCNCc1nc(-c2ccc3cccnc3c2)cs1. The van der Waals surface area contributed by atoms with Gasteiger partial charge in [0, 0.05) is 41.9 Å². The van der Waals surface area contributed by atoms with Gasteiger partial charge in [-0.15, -0.1) is 11.3 Å². The van der Waals surface area contributed by atoms with Gasteiger partial charge in [-0.05, 0) is 12.1 Å². The van der Waals surface area contributed by atoms with Gasteiger partial charge in [-0.1, -0.05) is 18.2 Å². The van der Waals surface area contributed by atoms with Gasteiger partial charge in [-0.2, -0.15) is 0 Å². The molecule has 0 saturated carbocycles. The number of nitrogens with zero attached hydrogens (tertiary/aromatic N) is 2. The molecule has 0 saturated heterocycles. The van der Waals surface area contributed by atoms with Crippen LogP contribution >= 0.6 is 11.3 Å². The van der Waals surface area contributed by atoms with E-state index in [1.54, 1.807) is 17.5 Å². The zero-order valence-electron chi connectivity index (χ0n) is 12.7. The number of hydrogen-bond donors (Lipinski definition) is 1. The first-order chi connectivity index (χ1) is 11.0. The molecular formula is C16H17N3O2S2. The molecule has 3 rings (SSSR count). The third-order valence-electron chi connectivity index (χ3n) is 3.38. The Balaban J connectivity index is 1.68. The summed E-state index contributed by atoms with van der Waals surface area (Å²) in [6.45, 7) is 1.01. The van der Waals surface area contributed by atoms with Crippen LogP contribution in [0.2, 0.25) is 0 Å². The summed E-state index contributed by atoms with van der Waals surface area (Å²) in [6, 6.07) is 10.1. The fourth-order valence-corrected chi connectivity index (χ4v) is 3.49. The molecule has 0 bridgehead atoms. The first-order valence-corrected chi connectivity index (χ1v) is 10.1. The maximum atomic E-state index is 11.1. The lowest BCUT2D eigenvalue weighted by Gasteiger charge is -2.01. The Morgan fingerprint density at radius 2 is 2.13 bits per heavy atom. The number of rotatable bonds is 6. The Morgan fingerprint density at radius 3 is 2.96 bits per heavy atom. The minimum Gasteiger partial charge on any atom is -0.309 e. The van der Waals surface area contributed by atoms with Crippen molar-refractivity contribution in [3.8, 4) is 11.3 Å². The normalized spacial score (nSPS) is 11.9. The van der Waals surface area contributed by atoms with Crippen LogP contribution < -0.4 is 5.32 Å². The van der Waals surface area contributed by atoms with Crippen LogP contribution in [0.25, 0.3) is 22.2 Å². The Labute approximate surface area is 139 Å². The first-order valence-electron chi connectivity index (χ1n) is 7.19. The number of hydrogen-bond acceptors (Lipinski definition) is 6. The average molecular weight is 347 g/mol. The molecule has 2 heterocycles. The summed E-state index contributed by atoms with van der Waals surface area (Å²) in [7, 11) is -2.92. The second kappa shape index (κ2) is 6.74. The van der Waals surface area contributed by atoms with E-state index in [4.69, 9.17) is 0 Å². The molecule has 0 radical (unpaired) electrons. The molecule has 23 heavy (non-hydrogen) atoms. The Morgan fingerprint density at radius 1 is 1.26 bits per heavy atom. The van der Waals surface area contributed by atoms with Crippen molar-refractivity contribution in [3.63, 3.8) is 0 Å². The van der Waals surface area contributed by atoms with Crippen LogP contribution in [0.3, 0.4) is 0 Å². The highest BCUT2D eigenvalue weighted by Gasteiger charge is 2.06. The minimum atomic E-state index is -2.92. The lowest BCUT2D eigenvalue weighted by atomic mass is 10.1. The van der Waals surface area contributed by atoms with Crippen LogP contribution in [0.4, 0.5) is 0 Å². The van der Waals surface area contributed by atoms with Crippen molar-refractivity contribution in [2.45, 2.75) is 6.54 Å². The first kappa shape index (κ1) is 16.0. The van der Waals surface area contributed by atoms with Gasteiger partial charge in [0.05, 0.1) is 17.0 Å². The predicted molar refractivity (Wildman–Crippen MR) is 94.3 cm³/mol. The number of nitrogens with one attached hydrogen (secondary N) is 1. The zero-order chi connectivity index (χ0) is 16.3. The molecular weight excluding hydrogens is 330 g/mol. The summed E-state index contributed by atoms with van der Waals surface area (Å²) in [5, 5.41) is 7.17. The third kappa shape index (κ3) is 4.34. The highest BCUT2D eigenvalue weighted by Crippen LogP contribution is 2.24.